The highest BCUT2D eigenvalue weighted by atomic mass is 15.1. The van der Waals surface area contributed by atoms with Gasteiger partial charge in [0, 0.05) is 17.6 Å². The zero-order chi connectivity index (χ0) is 22.9. The van der Waals surface area contributed by atoms with Crippen LogP contribution in [-0.4, -0.2) is 4.98 Å². The zero-order valence-corrected chi connectivity index (χ0v) is 18.9. The Labute approximate surface area is 203 Å². The van der Waals surface area contributed by atoms with Crippen molar-refractivity contribution in [2.24, 2.45) is 0 Å². The summed E-state index contributed by atoms with van der Waals surface area (Å²) in [5, 5.41) is 2.78. The summed E-state index contributed by atoms with van der Waals surface area (Å²) in [4.78, 5) is 6.68. The molecule has 162 valence electrons. The van der Waals surface area contributed by atoms with Crippen LogP contribution in [0, 0.1) is 0 Å². The molecule has 0 radical (unpaired) electrons. The van der Waals surface area contributed by atoms with Gasteiger partial charge in [-0.15, -0.1) is 0 Å². The molecule has 2 nitrogen and oxygen atoms in total. The van der Waals surface area contributed by atoms with Crippen LogP contribution >= 0.6 is 0 Å². The number of para-hydroxylation sites is 1. The third-order valence-electron chi connectivity index (χ3n) is 7.43. The van der Waals surface area contributed by atoms with Crippen molar-refractivity contribution in [1.82, 2.24) is 4.98 Å². The minimum Gasteiger partial charge on any atom is -0.309 e. The van der Waals surface area contributed by atoms with Crippen LogP contribution in [0.4, 0.5) is 17.1 Å². The maximum atomic E-state index is 4.40. The van der Waals surface area contributed by atoms with Crippen molar-refractivity contribution in [3.63, 3.8) is 0 Å². The number of fused-ring (bicyclic) bond motifs is 6. The van der Waals surface area contributed by atoms with Crippen LogP contribution in [-0.2, 0) is 0 Å². The van der Waals surface area contributed by atoms with Gasteiger partial charge in [-0.05, 0) is 91.7 Å². The maximum Gasteiger partial charge on any atom is 0.0644 e. The van der Waals surface area contributed by atoms with E-state index in [1.165, 1.54) is 55.3 Å². The lowest BCUT2D eigenvalue weighted by Crippen LogP contribution is -2.10. The van der Waals surface area contributed by atoms with Gasteiger partial charge in [-0.1, -0.05) is 72.8 Å². The Hall–Kier alpha value is -4.69. The third-order valence-corrected chi connectivity index (χ3v) is 7.43. The number of rotatable bonds is 3. The van der Waals surface area contributed by atoms with Crippen LogP contribution in [0.1, 0.15) is 0 Å². The molecule has 2 aliphatic rings. The molecule has 1 aromatic heterocycles. The van der Waals surface area contributed by atoms with Gasteiger partial charge in [-0.25, -0.2) is 0 Å². The molecule has 5 aromatic carbocycles. The van der Waals surface area contributed by atoms with Gasteiger partial charge < -0.3 is 4.90 Å². The second-order valence-electron chi connectivity index (χ2n) is 9.23. The Morgan fingerprint density at radius 3 is 1.57 bits per heavy atom. The molecular formula is C33H20N2. The van der Waals surface area contributed by atoms with Gasteiger partial charge in [-0.2, -0.15) is 0 Å². The van der Waals surface area contributed by atoms with Crippen molar-refractivity contribution in [1.29, 1.82) is 0 Å². The van der Waals surface area contributed by atoms with Crippen molar-refractivity contribution in [3.8, 4) is 44.5 Å². The van der Waals surface area contributed by atoms with Crippen molar-refractivity contribution in [2.45, 2.75) is 0 Å². The molecule has 0 N–H and O–H groups in total. The Morgan fingerprint density at radius 2 is 0.943 bits per heavy atom. The van der Waals surface area contributed by atoms with Gasteiger partial charge in [0.05, 0.1) is 11.9 Å². The predicted octanol–water partition coefficient (Wildman–Crippen LogP) is 9.00. The second kappa shape index (κ2) is 6.91. The molecule has 0 fully saturated rings. The first kappa shape index (κ1) is 18.7. The Bertz CT molecular complexity index is 1720. The number of nitrogens with zero attached hydrogens (tertiary/aromatic N) is 2. The minimum atomic E-state index is 1.05. The molecule has 0 saturated carbocycles. The maximum absolute atomic E-state index is 4.40. The highest BCUT2D eigenvalue weighted by Crippen LogP contribution is 2.56. The number of pyridine rings is 1. The Morgan fingerprint density at radius 1 is 0.400 bits per heavy atom. The number of hydrogen-bond acceptors (Lipinski definition) is 2. The fourth-order valence-corrected chi connectivity index (χ4v) is 5.99. The van der Waals surface area contributed by atoms with Crippen molar-refractivity contribution in [3.05, 3.63) is 122 Å². The zero-order valence-electron chi connectivity index (χ0n) is 18.9. The van der Waals surface area contributed by atoms with E-state index in [1.807, 2.05) is 18.5 Å². The minimum absolute atomic E-state index is 1.05. The molecule has 0 atom stereocenters. The van der Waals surface area contributed by atoms with Crippen LogP contribution in [0.15, 0.2) is 122 Å². The van der Waals surface area contributed by atoms with E-state index >= 15 is 0 Å². The molecule has 0 saturated heterocycles. The lowest BCUT2D eigenvalue weighted by atomic mass is 9.97. The molecule has 0 bridgehead atoms. The third kappa shape index (κ3) is 2.51. The van der Waals surface area contributed by atoms with Crippen LogP contribution in [0.2, 0.25) is 0 Å². The van der Waals surface area contributed by atoms with E-state index in [0.717, 1.165) is 17.1 Å². The average molecular weight is 445 g/mol. The van der Waals surface area contributed by atoms with E-state index in [9.17, 15) is 0 Å². The fourth-order valence-electron chi connectivity index (χ4n) is 5.99. The van der Waals surface area contributed by atoms with E-state index < -0.39 is 0 Å². The molecule has 6 aromatic rings. The summed E-state index contributed by atoms with van der Waals surface area (Å²) in [7, 11) is 0. The summed E-state index contributed by atoms with van der Waals surface area (Å²) < 4.78 is 0. The summed E-state index contributed by atoms with van der Waals surface area (Å²) in [6.07, 6.45) is 3.75. The first-order valence-electron chi connectivity index (χ1n) is 12.0. The Balaban J connectivity index is 1.36. The molecular weight excluding hydrogens is 424 g/mol. The van der Waals surface area contributed by atoms with Gasteiger partial charge in [-0.3, -0.25) is 4.98 Å². The second-order valence-corrected chi connectivity index (χ2v) is 9.23. The molecule has 0 aliphatic heterocycles. The number of aromatic nitrogens is 1. The molecule has 8 rings (SSSR count). The number of hydrogen-bond donors (Lipinski definition) is 0. The van der Waals surface area contributed by atoms with Crippen LogP contribution in [0.25, 0.3) is 55.3 Å². The Kier molecular flexibility index (Phi) is 3.69. The summed E-state index contributed by atoms with van der Waals surface area (Å²) in [6.45, 7) is 0. The van der Waals surface area contributed by atoms with Gasteiger partial charge in [0.1, 0.15) is 0 Å². The van der Waals surface area contributed by atoms with E-state index in [4.69, 9.17) is 0 Å². The number of anilines is 3. The van der Waals surface area contributed by atoms with Gasteiger partial charge in [0.25, 0.3) is 0 Å². The van der Waals surface area contributed by atoms with Crippen LogP contribution < -0.4 is 4.90 Å². The van der Waals surface area contributed by atoms with E-state index in [0.29, 0.717) is 0 Å². The van der Waals surface area contributed by atoms with Gasteiger partial charge >= 0.3 is 0 Å². The molecule has 1 heterocycles. The highest BCUT2D eigenvalue weighted by Gasteiger charge is 2.29. The molecule has 0 amide bonds. The lowest BCUT2D eigenvalue weighted by molar-refractivity contribution is 1.23. The summed E-state index contributed by atoms with van der Waals surface area (Å²) >= 11 is 0. The molecule has 0 spiro atoms. The topological polar surface area (TPSA) is 16.1 Å². The smallest absolute Gasteiger partial charge is 0.0644 e. The highest BCUT2D eigenvalue weighted by molar-refractivity contribution is 6.26. The lowest BCUT2D eigenvalue weighted by Gasteiger charge is -2.25. The largest absolute Gasteiger partial charge is 0.309 e. The average Bonchev–Trinajstić information content (AvgIpc) is 3.42. The van der Waals surface area contributed by atoms with Gasteiger partial charge in [0.2, 0.25) is 0 Å². The summed E-state index contributed by atoms with van der Waals surface area (Å²) in [6, 6.07) is 39.5. The molecule has 2 aliphatic carbocycles. The monoisotopic (exact) mass is 444 g/mol. The van der Waals surface area contributed by atoms with Crippen molar-refractivity contribution < 1.29 is 0 Å². The molecule has 2 heteroatoms. The van der Waals surface area contributed by atoms with Crippen LogP contribution in [0.3, 0.4) is 0 Å². The quantitative estimate of drug-likeness (QED) is 0.270. The molecule has 0 unspecified atom stereocenters. The fraction of sp³-hybridized carbons (Fsp3) is 0. The van der Waals surface area contributed by atoms with Crippen molar-refractivity contribution >= 4 is 27.8 Å². The first-order valence-corrected chi connectivity index (χ1v) is 12.0. The van der Waals surface area contributed by atoms with Crippen LogP contribution in [0.5, 0.6) is 0 Å². The number of benzene rings is 5. The van der Waals surface area contributed by atoms with Gasteiger partial charge in [0.15, 0.2) is 0 Å². The van der Waals surface area contributed by atoms with E-state index in [1.54, 1.807) is 0 Å². The summed E-state index contributed by atoms with van der Waals surface area (Å²) in [5.41, 5.74) is 13.9. The summed E-state index contributed by atoms with van der Waals surface area (Å²) in [5.74, 6) is 0. The van der Waals surface area contributed by atoms with Crippen molar-refractivity contribution in [2.75, 3.05) is 4.90 Å². The first-order chi connectivity index (χ1) is 17.4. The standard InChI is InChI=1S/C33H20N2/c1-2-7-21(8-3-1)35(23-9-6-18-34-20-23)22-12-13-26-29-15-14-27-24-10-4-5-11-25(24)28-16-17-30(31(26)19-22)33(29)32(27)28/h1-20H. The SMILES string of the molecule is c1ccc(N(c2cccnc2)c2ccc3c(c2)-c2ccc4c5c(ccc-3c25)-c2ccccc2-4)cc1. The van der Waals surface area contributed by atoms with E-state index in [-0.39, 0.29) is 0 Å². The normalized spacial score (nSPS) is 12.0. The predicted molar refractivity (Wildman–Crippen MR) is 145 cm³/mol. The van der Waals surface area contributed by atoms with E-state index in [2.05, 4.69) is 113 Å². The molecule has 35 heavy (non-hydrogen) atoms.